The van der Waals surface area contributed by atoms with Gasteiger partial charge in [0, 0.05) is 89.1 Å². The topological polar surface area (TPSA) is 174 Å². The Bertz CT molecular complexity index is 2420. The van der Waals surface area contributed by atoms with Gasteiger partial charge < -0.3 is 50.1 Å². The molecule has 0 saturated carbocycles. The molecule has 0 unspecified atom stereocenters. The van der Waals surface area contributed by atoms with Gasteiger partial charge in [-0.1, -0.05) is 21.6 Å². The van der Waals surface area contributed by atoms with E-state index in [1.807, 2.05) is 0 Å². The Labute approximate surface area is 402 Å². The third kappa shape index (κ3) is 11.9. The van der Waals surface area contributed by atoms with Gasteiger partial charge in [-0.15, -0.1) is 0 Å². The number of carbonyl (C=O) groups excluding carboxylic acids is 2. The number of nitrogens with two attached hydrogens (primary N) is 1. The van der Waals surface area contributed by atoms with Crippen LogP contribution >= 0.6 is 21.6 Å². The van der Waals surface area contributed by atoms with E-state index in [2.05, 4.69) is 46.1 Å². The lowest BCUT2D eigenvalue weighted by molar-refractivity contribution is 0.0486. The maximum Gasteiger partial charge on any atom is 0.407 e. The number of carboxylic acids is 1. The summed E-state index contributed by atoms with van der Waals surface area (Å²) in [6.45, 7) is 11.9. The van der Waals surface area contributed by atoms with Crippen molar-refractivity contribution in [2.24, 2.45) is 5.73 Å². The molecule has 0 aromatic heterocycles. The van der Waals surface area contributed by atoms with Crippen molar-refractivity contribution in [3.05, 3.63) is 85.4 Å². The molecule has 362 valence electrons. The number of fused-ring (bicyclic) bond motifs is 4. The van der Waals surface area contributed by atoms with Crippen LogP contribution in [-0.4, -0.2) is 119 Å². The number of hydrogen-bond acceptors (Lipinski definition) is 12. The van der Waals surface area contributed by atoms with Gasteiger partial charge in [0.2, 0.25) is 5.36 Å². The van der Waals surface area contributed by atoms with Crippen LogP contribution in [0.3, 0.4) is 0 Å². The van der Waals surface area contributed by atoms with Gasteiger partial charge in [0.15, 0.2) is 0 Å². The molecule has 2 amide bonds. The number of carbonyl (C=O) groups is 3. The predicted molar refractivity (Wildman–Crippen MR) is 265 cm³/mol. The van der Waals surface area contributed by atoms with E-state index in [1.54, 1.807) is 39.8 Å². The third-order valence-electron chi connectivity index (χ3n) is 13.2. The van der Waals surface area contributed by atoms with Crippen LogP contribution in [0.5, 0.6) is 11.5 Å². The van der Waals surface area contributed by atoms with Gasteiger partial charge >= 0.3 is 12.1 Å². The first-order valence-corrected chi connectivity index (χ1v) is 26.7. The highest BCUT2D eigenvalue weighted by Gasteiger charge is 2.36. The third-order valence-corrected chi connectivity index (χ3v) is 16.3. The molecule has 0 aliphatic carbocycles. The normalized spacial score (nSPS) is 15.8. The summed E-state index contributed by atoms with van der Waals surface area (Å²) >= 11 is 0. The fourth-order valence-electron chi connectivity index (χ4n) is 10.1. The summed E-state index contributed by atoms with van der Waals surface area (Å²) in [5.41, 5.74) is 14.6. The van der Waals surface area contributed by atoms with Gasteiger partial charge in [0.1, 0.15) is 30.5 Å². The number of alkyl carbamates (subject to hydrolysis) is 1. The Hall–Kier alpha value is -4.32. The molecule has 14 nitrogen and oxygen atoms in total. The number of aryl methyl sites for hydroxylation is 2. The second-order valence-electron chi connectivity index (χ2n) is 18.5. The van der Waals surface area contributed by atoms with Crippen LogP contribution in [0, 0.1) is 0 Å². The zero-order chi connectivity index (χ0) is 46.8. The number of hydrogen-bond donors (Lipinski definition) is 4. The van der Waals surface area contributed by atoms with Crippen LogP contribution in [0.1, 0.15) is 119 Å². The second kappa shape index (κ2) is 23.3. The van der Waals surface area contributed by atoms with Crippen LogP contribution in [0.25, 0.3) is 5.57 Å². The van der Waals surface area contributed by atoms with Crippen LogP contribution < -0.4 is 41.2 Å². The van der Waals surface area contributed by atoms with Crippen molar-refractivity contribution in [1.29, 1.82) is 0 Å². The summed E-state index contributed by atoms with van der Waals surface area (Å²) in [6.07, 6.45) is 11.3. The molecule has 0 bridgehead atoms. The molecule has 5 N–H and O–H groups in total. The largest absolute Gasteiger partial charge is 0.478 e. The van der Waals surface area contributed by atoms with Crippen LogP contribution in [-0.2, 0) is 44.6 Å². The number of ether oxygens (including phenoxy) is 5. The van der Waals surface area contributed by atoms with E-state index in [4.69, 9.17) is 29.4 Å². The van der Waals surface area contributed by atoms with E-state index < -0.39 is 12.1 Å². The highest BCUT2D eigenvalue weighted by Crippen LogP contribution is 2.49. The van der Waals surface area contributed by atoms with Crippen molar-refractivity contribution in [3.8, 4) is 11.5 Å². The fraction of sp³-hybridized carbons (Fsp3) is 0.569. The number of nitrogens with zero attached hydrogens (tertiary/aromatic N) is 2. The summed E-state index contributed by atoms with van der Waals surface area (Å²) in [5.74, 6) is 0.944. The van der Waals surface area contributed by atoms with Crippen molar-refractivity contribution in [2.75, 3.05) is 96.3 Å². The standard InChI is InChI=1S/C51H67N5O9S2/c1-51(2,67-66-33-63-24-5-3-4-17-52)16-25-64-50(60)54-19-27-62-29-28-61-26-18-53-48(57)36-14-15-37(49(58)59)40(32-36)43-41-30-34-10-6-20-55-22-8-12-38(44(34)55)46(41)65-47-39-13-9-23-56-21-7-11-35(45(39)56)31-42(43)47/h14-15,30-32H,3-13,16-29,33,52H2,1-2H3,(H2-,53,54,57,58,59,60)/p+1. The number of unbranched alkanes of at least 4 members (excludes halogenated alkanes) is 2. The Balaban J connectivity index is 0.847. The molecule has 0 atom stereocenters. The lowest BCUT2D eigenvalue weighted by Gasteiger charge is -2.39. The van der Waals surface area contributed by atoms with Crippen LogP contribution in [0.4, 0.5) is 10.5 Å². The van der Waals surface area contributed by atoms with E-state index in [1.165, 1.54) is 33.3 Å². The smallest absolute Gasteiger partial charge is 0.407 e. The average Bonchev–Trinajstić information content (AvgIpc) is 3.32. The number of aromatic carboxylic acids is 1. The van der Waals surface area contributed by atoms with E-state index in [9.17, 15) is 19.5 Å². The molecule has 67 heavy (non-hydrogen) atoms. The number of rotatable bonds is 24. The summed E-state index contributed by atoms with van der Waals surface area (Å²) in [6, 6.07) is 9.42. The molecule has 0 saturated heterocycles. The fourth-order valence-corrected chi connectivity index (χ4v) is 12.3. The summed E-state index contributed by atoms with van der Waals surface area (Å²) in [5, 5.41) is 18.6. The van der Waals surface area contributed by atoms with Crippen molar-refractivity contribution < 1.29 is 43.2 Å². The van der Waals surface area contributed by atoms with Gasteiger partial charge in [-0.25, -0.2) is 14.2 Å². The van der Waals surface area contributed by atoms with Gasteiger partial charge in [-0.05, 0) is 126 Å². The first-order chi connectivity index (χ1) is 32.6. The number of nitrogens with one attached hydrogen (secondary N) is 2. The molecule has 0 fully saturated rings. The minimum atomic E-state index is -1.04. The minimum Gasteiger partial charge on any atom is -0.478 e. The molecule has 3 aromatic carbocycles. The van der Waals surface area contributed by atoms with Crippen LogP contribution in [0.15, 0.2) is 30.3 Å². The van der Waals surface area contributed by atoms with E-state index >= 15 is 0 Å². The summed E-state index contributed by atoms with van der Waals surface area (Å²) in [4.78, 5) is 41.5. The molecular weight excluding hydrogens is 891 g/mol. The zero-order valence-corrected chi connectivity index (χ0v) is 40.9. The summed E-state index contributed by atoms with van der Waals surface area (Å²) < 4.78 is 32.0. The summed E-state index contributed by atoms with van der Waals surface area (Å²) in [7, 11) is 3.40. The van der Waals surface area contributed by atoms with Crippen molar-refractivity contribution in [3.63, 3.8) is 0 Å². The zero-order valence-electron chi connectivity index (χ0n) is 39.3. The highest BCUT2D eigenvalue weighted by atomic mass is 33.1. The second-order valence-corrected chi connectivity index (χ2v) is 21.5. The predicted octanol–water partition coefficient (Wildman–Crippen LogP) is 5.96. The maximum absolute atomic E-state index is 13.8. The number of carboxylic acid groups (broad SMARTS) is 1. The van der Waals surface area contributed by atoms with Crippen molar-refractivity contribution in [1.82, 2.24) is 15.2 Å². The Morgan fingerprint density at radius 3 is 2.34 bits per heavy atom. The van der Waals surface area contributed by atoms with Gasteiger partial charge in [0.05, 0.1) is 44.2 Å². The molecule has 3 aromatic rings. The molecule has 8 rings (SSSR count). The molecule has 5 heterocycles. The van der Waals surface area contributed by atoms with E-state index in [0.717, 1.165) is 138 Å². The van der Waals surface area contributed by atoms with E-state index in [0.29, 0.717) is 56.5 Å². The monoisotopic (exact) mass is 958 g/mol. The Morgan fingerprint density at radius 1 is 0.806 bits per heavy atom. The van der Waals surface area contributed by atoms with Gasteiger partial charge in [-0.2, -0.15) is 0 Å². The molecular formula is C51H68N5O9S2+. The van der Waals surface area contributed by atoms with Crippen molar-refractivity contribution in [2.45, 2.75) is 95.6 Å². The SMILES string of the molecule is CC(C)(CCOC(=O)NCCOCCOCCNC(=O)c1ccc(C(=O)O)c(C2=c3cc4c5c(c3Oc3c2cc2c6c3CCCN6CCC2)CCC[N+]=5CCC4)c1)SSCOCCCCCN. The first-order valence-electron chi connectivity index (χ1n) is 24.4. The first kappa shape index (κ1) is 49.1. The molecule has 16 heteroatoms. The van der Waals surface area contributed by atoms with Crippen molar-refractivity contribution >= 4 is 50.8 Å². The number of anilines is 1. The molecule has 5 aliphatic heterocycles. The number of amides is 2. The van der Waals surface area contributed by atoms with Gasteiger partial charge in [-0.3, -0.25) is 4.79 Å². The Kier molecular flexibility index (Phi) is 17.1. The van der Waals surface area contributed by atoms with Gasteiger partial charge in [0.25, 0.3) is 5.91 Å². The quantitative estimate of drug-likeness (QED) is 0.0281. The minimum absolute atomic E-state index is 0.0712. The molecule has 0 spiro atoms. The molecule has 0 radical (unpaired) electrons. The number of benzene rings is 3. The Morgan fingerprint density at radius 2 is 1.55 bits per heavy atom. The average molecular weight is 959 g/mol. The maximum atomic E-state index is 13.8. The van der Waals surface area contributed by atoms with Crippen LogP contribution in [0.2, 0.25) is 0 Å². The highest BCUT2D eigenvalue weighted by molar-refractivity contribution is 8.77. The lowest BCUT2D eigenvalue weighted by Crippen LogP contribution is -2.45. The lowest BCUT2D eigenvalue weighted by atomic mass is 9.81. The van der Waals surface area contributed by atoms with E-state index in [-0.39, 0.29) is 29.4 Å². The molecule has 5 aliphatic rings.